The first-order chi connectivity index (χ1) is 9.04. The summed E-state index contributed by atoms with van der Waals surface area (Å²) in [7, 11) is -3.43. The molecule has 1 aliphatic rings. The molecule has 104 valence electrons. The smallest absolute Gasteiger partial charge is 0.410 e. The van der Waals surface area contributed by atoms with E-state index in [1.165, 1.54) is 17.0 Å². The summed E-state index contributed by atoms with van der Waals surface area (Å²) >= 11 is 0. The predicted molar refractivity (Wildman–Crippen MR) is 67.4 cm³/mol. The average Bonchev–Trinajstić information content (AvgIpc) is 2.78. The molecular formula is C12H15NO5S. The molecule has 2 rings (SSSR count). The topological polar surface area (TPSA) is 83.9 Å². The summed E-state index contributed by atoms with van der Waals surface area (Å²) in [6, 6.07) is 7.60. The first-order valence-corrected chi connectivity index (χ1v) is 7.52. The zero-order valence-corrected chi connectivity index (χ0v) is 11.0. The SMILES string of the molecule is O=C1OCC(CO)N1CCS(=O)(=O)c1ccccc1. The molecule has 1 unspecified atom stereocenters. The third-order valence-electron chi connectivity index (χ3n) is 2.99. The number of benzene rings is 1. The highest BCUT2D eigenvalue weighted by Gasteiger charge is 2.33. The lowest BCUT2D eigenvalue weighted by atomic mass is 10.3. The van der Waals surface area contributed by atoms with Crippen LogP contribution in [0.2, 0.25) is 0 Å². The van der Waals surface area contributed by atoms with Crippen LogP contribution in [-0.4, -0.2) is 56.1 Å². The molecule has 0 bridgehead atoms. The quantitative estimate of drug-likeness (QED) is 0.839. The van der Waals surface area contributed by atoms with Crippen molar-refractivity contribution < 1.29 is 23.1 Å². The van der Waals surface area contributed by atoms with E-state index in [1.807, 2.05) is 0 Å². The fraction of sp³-hybridized carbons (Fsp3) is 0.417. The highest BCUT2D eigenvalue weighted by Crippen LogP contribution is 2.15. The zero-order chi connectivity index (χ0) is 13.9. The molecule has 1 fully saturated rings. The minimum atomic E-state index is -3.43. The highest BCUT2D eigenvalue weighted by molar-refractivity contribution is 7.91. The minimum Gasteiger partial charge on any atom is -0.447 e. The normalized spacial score (nSPS) is 19.5. The molecule has 1 aliphatic heterocycles. The molecule has 1 heterocycles. The zero-order valence-electron chi connectivity index (χ0n) is 10.2. The van der Waals surface area contributed by atoms with Crippen LogP contribution >= 0.6 is 0 Å². The molecule has 1 N–H and O–H groups in total. The number of cyclic esters (lactones) is 1. The second-order valence-electron chi connectivity index (χ2n) is 4.24. The number of amides is 1. The van der Waals surface area contributed by atoms with Crippen molar-refractivity contribution >= 4 is 15.9 Å². The van der Waals surface area contributed by atoms with Crippen molar-refractivity contribution in [1.29, 1.82) is 0 Å². The van der Waals surface area contributed by atoms with Gasteiger partial charge in [-0.15, -0.1) is 0 Å². The number of aliphatic hydroxyl groups is 1. The lowest BCUT2D eigenvalue weighted by molar-refractivity contribution is 0.156. The number of sulfone groups is 1. The summed E-state index contributed by atoms with van der Waals surface area (Å²) in [5.41, 5.74) is 0. The second kappa shape index (κ2) is 5.58. The van der Waals surface area contributed by atoms with Crippen LogP contribution in [0.1, 0.15) is 0 Å². The van der Waals surface area contributed by atoms with Gasteiger partial charge in [-0.25, -0.2) is 13.2 Å². The van der Waals surface area contributed by atoms with Gasteiger partial charge in [-0.1, -0.05) is 18.2 Å². The molecule has 7 heteroatoms. The monoisotopic (exact) mass is 285 g/mol. The fourth-order valence-electron chi connectivity index (χ4n) is 1.88. The van der Waals surface area contributed by atoms with Gasteiger partial charge in [-0.05, 0) is 12.1 Å². The number of hydrogen-bond donors (Lipinski definition) is 1. The highest BCUT2D eigenvalue weighted by atomic mass is 32.2. The van der Waals surface area contributed by atoms with Crippen LogP contribution < -0.4 is 0 Å². The van der Waals surface area contributed by atoms with Gasteiger partial charge in [0.2, 0.25) is 0 Å². The minimum absolute atomic E-state index is 0.0152. The lowest BCUT2D eigenvalue weighted by Crippen LogP contribution is -2.39. The Morgan fingerprint density at radius 1 is 1.32 bits per heavy atom. The number of rotatable bonds is 5. The molecule has 0 saturated carbocycles. The van der Waals surface area contributed by atoms with Crippen molar-refractivity contribution in [2.24, 2.45) is 0 Å². The van der Waals surface area contributed by atoms with E-state index in [0.717, 1.165) is 0 Å². The second-order valence-corrected chi connectivity index (χ2v) is 6.35. The third-order valence-corrected chi connectivity index (χ3v) is 4.70. The molecular weight excluding hydrogens is 270 g/mol. The van der Waals surface area contributed by atoms with Crippen LogP contribution in [0.25, 0.3) is 0 Å². The van der Waals surface area contributed by atoms with Gasteiger partial charge in [0.25, 0.3) is 0 Å². The van der Waals surface area contributed by atoms with E-state index in [-0.39, 0.29) is 30.4 Å². The Morgan fingerprint density at radius 3 is 2.63 bits per heavy atom. The Morgan fingerprint density at radius 2 is 2.00 bits per heavy atom. The Kier molecular flexibility index (Phi) is 4.06. The number of carbonyl (C=O) groups excluding carboxylic acids is 1. The molecule has 0 spiro atoms. The Hall–Kier alpha value is -1.60. The first kappa shape index (κ1) is 13.8. The van der Waals surface area contributed by atoms with E-state index in [0.29, 0.717) is 0 Å². The van der Waals surface area contributed by atoms with Crippen LogP contribution in [0.15, 0.2) is 35.2 Å². The van der Waals surface area contributed by atoms with Gasteiger partial charge >= 0.3 is 6.09 Å². The van der Waals surface area contributed by atoms with Crippen LogP contribution in [0.3, 0.4) is 0 Å². The lowest BCUT2D eigenvalue weighted by Gasteiger charge is -2.19. The van der Waals surface area contributed by atoms with Crippen LogP contribution in [0.5, 0.6) is 0 Å². The largest absolute Gasteiger partial charge is 0.447 e. The van der Waals surface area contributed by atoms with Crippen LogP contribution in [-0.2, 0) is 14.6 Å². The molecule has 1 aromatic rings. The van der Waals surface area contributed by atoms with E-state index in [2.05, 4.69) is 0 Å². The van der Waals surface area contributed by atoms with Crippen molar-refractivity contribution in [1.82, 2.24) is 4.90 Å². The van der Waals surface area contributed by atoms with Gasteiger partial charge in [0, 0.05) is 6.54 Å². The summed E-state index contributed by atoms with van der Waals surface area (Å²) in [4.78, 5) is 12.9. The molecule has 1 amide bonds. The average molecular weight is 285 g/mol. The van der Waals surface area contributed by atoms with Crippen LogP contribution in [0, 0.1) is 0 Å². The van der Waals surface area contributed by atoms with Crippen molar-refractivity contribution in [2.45, 2.75) is 10.9 Å². The molecule has 0 aromatic heterocycles. The standard InChI is InChI=1S/C12H15NO5S/c14-8-10-9-18-12(15)13(10)6-7-19(16,17)11-4-2-1-3-5-11/h1-5,10,14H,6-9H2. The van der Waals surface area contributed by atoms with E-state index < -0.39 is 22.0 Å². The van der Waals surface area contributed by atoms with Gasteiger partial charge in [0.05, 0.1) is 23.3 Å². The third kappa shape index (κ3) is 3.05. The van der Waals surface area contributed by atoms with Gasteiger partial charge in [-0.3, -0.25) is 4.90 Å². The van der Waals surface area contributed by atoms with Crippen molar-refractivity contribution in [3.05, 3.63) is 30.3 Å². The van der Waals surface area contributed by atoms with Crippen molar-refractivity contribution in [3.63, 3.8) is 0 Å². The summed E-state index contributed by atoms with van der Waals surface area (Å²) in [5.74, 6) is -0.192. The molecule has 1 aromatic carbocycles. The maximum atomic E-state index is 12.0. The van der Waals surface area contributed by atoms with Crippen molar-refractivity contribution in [3.8, 4) is 0 Å². The van der Waals surface area contributed by atoms with E-state index in [9.17, 15) is 13.2 Å². The fourth-order valence-corrected chi connectivity index (χ4v) is 3.12. The van der Waals surface area contributed by atoms with E-state index in [1.54, 1.807) is 18.2 Å². The Labute approximate surface area is 111 Å². The predicted octanol–water partition coefficient (Wildman–Crippen LogP) is 0.273. The molecule has 1 atom stereocenters. The van der Waals surface area contributed by atoms with Gasteiger partial charge < -0.3 is 9.84 Å². The summed E-state index contributed by atoms with van der Waals surface area (Å²) in [6.07, 6.45) is -0.581. The molecule has 0 radical (unpaired) electrons. The number of nitrogens with zero attached hydrogens (tertiary/aromatic N) is 1. The maximum Gasteiger partial charge on any atom is 0.410 e. The number of carbonyl (C=O) groups is 1. The van der Waals surface area contributed by atoms with Gasteiger partial charge in [0.15, 0.2) is 9.84 Å². The summed E-state index contributed by atoms with van der Waals surface area (Å²) in [6.45, 7) is -0.126. The Bertz CT molecular complexity index is 542. The molecule has 1 saturated heterocycles. The van der Waals surface area contributed by atoms with Gasteiger partial charge in [0.1, 0.15) is 6.61 Å². The number of hydrogen-bond acceptors (Lipinski definition) is 5. The molecule has 19 heavy (non-hydrogen) atoms. The number of ether oxygens (including phenoxy) is 1. The first-order valence-electron chi connectivity index (χ1n) is 5.86. The number of aliphatic hydroxyl groups excluding tert-OH is 1. The summed E-state index contributed by atoms with van der Waals surface area (Å²) in [5, 5.41) is 9.08. The molecule has 6 nitrogen and oxygen atoms in total. The maximum absolute atomic E-state index is 12.0. The molecule has 0 aliphatic carbocycles. The van der Waals surface area contributed by atoms with Crippen LogP contribution in [0.4, 0.5) is 4.79 Å². The van der Waals surface area contributed by atoms with Crippen molar-refractivity contribution in [2.75, 3.05) is 25.5 Å². The van der Waals surface area contributed by atoms with E-state index >= 15 is 0 Å². The Balaban J connectivity index is 2.04. The van der Waals surface area contributed by atoms with Gasteiger partial charge in [-0.2, -0.15) is 0 Å². The van der Waals surface area contributed by atoms with E-state index in [4.69, 9.17) is 9.84 Å². The summed E-state index contributed by atoms with van der Waals surface area (Å²) < 4.78 is 28.9.